The number of pyridine rings is 1. The summed E-state index contributed by atoms with van der Waals surface area (Å²) in [6.45, 7) is 5.43. The lowest BCUT2D eigenvalue weighted by Gasteiger charge is -2.29. The minimum atomic E-state index is 0.938. The first-order valence-electron chi connectivity index (χ1n) is 7.26. The molecule has 1 aromatic carbocycles. The number of benzene rings is 1. The van der Waals surface area contributed by atoms with E-state index in [1.807, 2.05) is 6.20 Å². The molecule has 1 aliphatic rings. The molecule has 1 N–H and O–H groups in total. The van der Waals surface area contributed by atoms with Gasteiger partial charge in [-0.15, -0.1) is 0 Å². The van der Waals surface area contributed by atoms with Crippen molar-refractivity contribution in [3.63, 3.8) is 0 Å². The van der Waals surface area contributed by atoms with Crippen LogP contribution in [0.5, 0.6) is 0 Å². The smallest absolute Gasteiger partial charge is 0.0724 e. The molecular weight excluding hydrogens is 234 g/mol. The summed E-state index contributed by atoms with van der Waals surface area (Å²) in [5.74, 6) is 0. The van der Waals surface area contributed by atoms with E-state index < -0.39 is 0 Å². The normalized spacial score (nSPS) is 15.7. The largest absolute Gasteiger partial charge is 0.385 e. The zero-order valence-corrected chi connectivity index (χ0v) is 11.5. The molecule has 0 bridgehead atoms. The van der Waals surface area contributed by atoms with Crippen molar-refractivity contribution in [2.24, 2.45) is 0 Å². The van der Waals surface area contributed by atoms with E-state index in [0.717, 1.165) is 12.1 Å². The molecule has 0 spiro atoms. The summed E-state index contributed by atoms with van der Waals surface area (Å²) in [6.07, 6.45) is 5.87. The molecule has 0 aliphatic carbocycles. The van der Waals surface area contributed by atoms with Gasteiger partial charge in [-0.05, 0) is 50.5 Å². The topological polar surface area (TPSA) is 28.2 Å². The fourth-order valence-corrected chi connectivity index (χ4v) is 2.83. The van der Waals surface area contributed by atoms with Crippen LogP contribution in [-0.4, -0.2) is 24.6 Å². The summed E-state index contributed by atoms with van der Waals surface area (Å²) in [4.78, 5) is 6.94. The molecule has 0 amide bonds. The lowest BCUT2D eigenvalue weighted by Crippen LogP contribution is -2.29. The maximum atomic E-state index is 4.45. The summed E-state index contributed by atoms with van der Waals surface area (Å²) in [7, 11) is 0. The first kappa shape index (κ1) is 12.3. The Bertz CT molecular complexity index is 559. The molecule has 1 aromatic heterocycles. The van der Waals surface area contributed by atoms with Gasteiger partial charge in [0.15, 0.2) is 0 Å². The van der Waals surface area contributed by atoms with Crippen LogP contribution in [-0.2, 0) is 0 Å². The SMILES string of the molecule is CCNc1ccnc2ccc(N3CCCCC3)cc12. The monoisotopic (exact) mass is 255 g/mol. The molecule has 3 heteroatoms. The Morgan fingerprint density at radius 3 is 2.79 bits per heavy atom. The van der Waals surface area contributed by atoms with Crippen LogP contribution in [0.25, 0.3) is 10.9 Å². The number of fused-ring (bicyclic) bond motifs is 1. The van der Waals surface area contributed by atoms with Gasteiger partial charge in [0.05, 0.1) is 5.52 Å². The maximum Gasteiger partial charge on any atom is 0.0724 e. The number of hydrogen-bond acceptors (Lipinski definition) is 3. The Hall–Kier alpha value is -1.77. The molecule has 19 heavy (non-hydrogen) atoms. The van der Waals surface area contributed by atoms with E-state index in [0.29, 0.717) is 0 Å². The van der Waals surface area contributed by atoms with E-state index in [-0.39, 0.29) is 0 Å². The van der Waals surface area contributed by atoms with Crippen LogP contribution in [0.4, 0.5) is 11.4 Å². The fourth-order valence-electron chi connectivity index (χ4n) is 2.83. The van der Waals surface area contributed by atoms with Crippen molar-refractivity contribution in [3.8, 4) is 0 Å². The Kier molecular flexibility index (Phi) is 3.53. The number of aromatic nitrogens is 1. The molecule has 3 rings (SSSR count). The highest BCUT2D eigenvalue weighted by Gasteiger charge is 2.12. The van der Waals surface area contributed by atoms with Crippen LogP contribution in [0.3, 0.4) is 0 Å². The molecule has 0 unspecified atom stereocenters. The average molecular weight is 255 g/mol. The predicted molar refractivity (Wildman–Crippen MR) is 82.0 cm³/mol. The number of nitrogens with zero attached hydrogens (tertiary/aromatic N) is 2. The van der Waals surface area contributed by atoms with E-state index in [9.17, 15) is 0 Å². The van der Waals surface area contributed by atoms with Crippen molar-refractivity contribution in [2.45, 2.75) is 26.2 Å². The second kappa shape index (κ2) is 5.47. The first-order valence-corrected chi connectivity index (χ1v) is 7.26. The number of hydrogen-bond donors (Lipinski definition) is 1. The van der Waals surface area contributed by atoms with Gasteiger partial charge in [0.25, 0.3) is 0 Å². The zero-order valence-electron chi connectivity index (χ0n) is 11.5. The second-order valence-electron chi connectivity index (χ2n) is 5.14. The van der Waals surface area contributed by atoms with Crippen molar-refractivity contribution < 1.29 is 0 Å². The lowest BCUT2D eigenvalue weighted by molar-refractivity contribution is 0.578. The molecule has 0 saturated carbocycles. The Labute approximate surface area is 114 Å². The van der Waals surface area contributed by atoms with Crippen LogP contribution >= 0.6 is 0 Å². The number of nitrogens with one attached hydrogen (secondary N) is 1. The van der Waals surface area contributed by atoms with Gasteiger partial charge in [-0.3, -0.25) is 4.98 Å². The van der Waals surface area contributed by atoms with E-state index in [1.165, 1.54) is 49.1 Å². The molecule has 1 saturated heterocycles. The number of rotatable bonds is 3. The van der Waals surface area contributed by atoms with Gasteiger partial charge in [-0.25, -0.2) is 0 Å². The van der Waals surface area contributed by atoms with Crippen LogP contribution in [0.1, 0.15) is 26.2 Å². The summed E-state index contributed by atoms with van der Waals surface area (Å²) in [6, 6.07) is 8.69. The Balaban J connectivity index is 2.00. The highest BCUT2D eigenvalue weighted by atomic mass is 15.1. The number of piperidine rings is 1. The van der Waals surface area contributed by atoms with Gasteiger partial charge in [-0.2, -0.15) is 0 Å². The van der Waals surface area contributed by atoms with Crippen LogP contribution < -0.4 is 10.2 Å². The van der Waals surface area contributed by atoms with Crippen molar-refractivity contribution in [1.82, 2.24) is 4.98 Å². The first-order chi connectivity index (χ1) is 9.38. The highest BCUT2D eigenvalue weighted by Crippen LogP contribution is 2.28. The fraction of sp³-hybridized carbons (Fsp3) is 0.438. The van der Waals surface area contributed by atoms with Gasteiger partial charge in [0.2, 0.25) is 0 Å². The van der Waals surface area contributed by atoms with Crippen LogP contribution in [0.2, 0.25) is 0 Å². The number of anilines is 2. The third-order valence-corrected chi connectivity index (χ3v) is 3.81. The average Bonchev–Trinajstić information content (AvgIpc) is 2.48. The van der Waals surface area contributed by atoms with Gasteiger partial charge in [0.1, 0.15) is 0 Å². The summed E-state index contributed by atoms with van der Waals surface area (Å²) in [5.41, 5.74) is 3.59. The highest BCUT2D eigenvalue weighted by molar-refractivity contribution is 5.93. The zero-order chi connectivity index (χ0) is 13.1. The van der Waals surface area contributed by atoms with Gasteiger partial charge >= 0.3 is 0 Å². The van der Waals surface area contributed by atoms with Gasteiger partial charge in [-0.1, -0.05) is 0 Å². The van der Waals surface area contributed by atoms with Gasteiger partial charge < -0.3 is 10.2 Å². The summed E-state index contributed by atoms with van der Waals surface area (Å²) in [5, 5.41) is 4.65. The third kappa shape index (κ3) is 2.50. The summed E-state index contributed by atoms with van der Waals surface area (Å²) < 4.78 is 0. The second-order valence-corrected chi connectivity index (χ2v) is 5.14. The molecule has 2 aromatic rings. The van der Waals surface area contributed by atoms with E-state index in [2.05, 4.69) is 46.4 Å². The van der Waals surface area contributed by atoms with Crippen LogP contribution in [0.15, 0.2) is 30.5 Å². The van der Waals surface area contributed by atoms with Gasteiger partial charge in [0, 0.05) is 42.6 Å². The van der Waals surface area contributed by atoms with E-state index in [1.54, 1.807) is 0 Å². The lowest BCUT2D eigenvalue weighted by atomic mass is 10.1. The molecule has 0 atom stereocenters. The molecule has 1 aliphatic heterocycles. The molecule has 2 heterocycles. The molecular formula is C16H21N3. The molecule has 3 nitrogen and oxygen atoms in total. The van der Waals surface area contributed by atoms with Crippen molar-refractivity contribution in [1.29, 1.82) is 0 Å². The van der Waals surface area contributed by atoms with Crippen LogP contribution in [0, 0.1) is 0 Å². The van der Waals surface area contributed by atoms with Crippen molar-refractivity contribution in [3.05, 3.63) is 30.5 Å². The Morgan fingerprint density at radius 1 is 1.16 bits per heavy atom. The van der Waals surface area contributed by atoms with Crippen molar-refractivity contribution >= 4 is 22.3 Å². The minimum absolute atomic E-state index is 0.938. The quantitative estimate of drug-likeness (QED) is 0.907. The van der Waals surface area contributed by atoms with Crippen molar-refractivity contribution in [2.75, 3.05) is 29.9 Å². The van der Waals surface area contributed by atoms with E-state index >= 15 is 0 Å². The predicted octanol–water partition coefficient (Wildman–Crippen LogP) is 3.66. The standard InChI is InChI=1S/C16H21N3/c1-2-17-16-8-9-18-15-7-6-13(12-14(15)16)19-10-4-3-5-11-19/h6-9,12H,2-5,10-11H2,1H3,(H,17,18). The summed E-state index contributed by atoms with van der Waals surface area (Å²) >= 11 is 0. The third-order valence-electron chi connectivity index (χ3n) is 3.81. The molecule has 0 radical (unpaired) electrons. The molecule has 100 valence electrons. The van der Waals surface area contributed by atoms with E-state index in [4.69, 9.17) is 0 Å². The minimum Gasteiger partial charge on any atom is -0.385 e. The maximum absolute atomic E-state index is 4.45. The molecule has 1 fully saturated rings. The Morgan fingerprint density at radius 2 is 2.00 bits per heavy atom.